The molecule has 2 rings (SSSR count). The molecule has 3 unspecified atom stereocenters. The Hall–Kier alpha value is -1.55. The molecule has 1 aliphatic rings. The normalized spacial score (nSPS) is 18.5. The van der Waals surface area contributed by atoms with Crippen molar-refractivity contribution in [1.82, 2.24) is 15.1 Å². The number of hydrogen-bond acceptors (Lipinski definition) is 2. The Morgan fingerprint density at radius 2 is 1.85 bits per heavy atom. The molecule has 3 atom stereocenters. The van der Waals surface area contributed by atoms with Crippen LogP contribution in [0, 0.1) is 11.8 Å². The fraction of sp³-hybridized carbons (Fsp3) is 0.759. The molecule has 188 valence electrons. The van der Waals surface area contributed by atoms with Crippen molar-refractivity contribution < 1.29 is 4.79 Å². The van der Waals surface area contributed by atoms with Crippen LogP contribution in [0.4, 0.5) is 4.79 Å². The summed E-state index contributed by atoms with van der Waals surface area (Å²) >= 11 is 0. The van der Waals surface area contributed by atoms with E-state index in [0.717, 1.165) is 37.9 Å². The molecule has 0 bridgehead atoms. The lowest BCUT2D eigenvalue weighted by Gasteiger charge is -2.39. The maximum Gasteiger partial charge on any atom is 0.317 e. The number of likely N-dealkylation sites (tertiary alicyclic amines) is 1. The topological polar surface area (TPSA) is 35.6 Å². The summed E-state index contributed by atoms with van der Waals surface area (Å²) < 4.78 is 0. The van der Waals surface area contributed by atoms with Crippen molar-refractivity contribution in [2.24, 2.45) is 11.8 Å². The van der Waals surface area contributed by atoms with Crippen molar-refractivity contribution in [2.75, 3.05) is 26.2 Å². The minimum Gasteiger partial charge on any atom is -0.336 e. The van der Waals surface area contributed by atoms with Gasteiger partial charge in [-0.05, 0) is 89.3 Å². The van der Waals surface area contributed by atoms with Gasteiger partial charge in [-0.3, -0.25) is 4.90 Å². The highest BCUT2D eigenvalue weighted by Gasteiger charge is 2.27. The zero-order valence-electron chi connectivity index (χ0n) is 22.2. The maximum absolute atomic E-state index is 12.5. The Morgan fingerprint density at radius 3 is 2.52 bits per heavy atom. The lowest BCUT2D eigenvalue weighted by atomic mass is 9.85. The Morgan fingerprint density at radius 1 is 1.09 bits per heavy atom. The van der Waals surface area contributed by atoms with E-state index >= 15 is 0 Å². The number of amides is 2. The van der Waals surface area contributed by atoms with Crippen molar-refractivity contribution in [2.45, 2.75) is 104 Å². The quantitative estimate of drug-likeness (QED) is 0.335. The largest absolute Gasteiger partial charge is 0.336 e. The van der Waals surface area contributed by atoms with E-state index in [1.54, 1.807) is 0 Å². The van der Waals surface area contributed by atoms with Crippen LogP contribution in [-0.2, 0) is 6.42 Å². The van der Waals surface area contributed by atoms with Crippen LogP contribution in [0.25, 0.3) is 0 Å². The molecule has 33 heavy (non-hydrogen) atoms. The molecule has 1 aromatic rings. The van der Waals surface area contributed by atoms with E-state index < -0.39 is 0 Å². The van der Waals surface area contributed by atoms with E-state index in [4.69, 9.17) is 0 Å². The van der Waals surface area contributed by atoms with Gasteiger partial charge >= 0.3 is 6.03 Å². The van der Waals surface area contributed by atoms with Crippen LogP contribution in [0.2, 0.25) is 0 Å². The first-order valence-electron chi connectivity index (χ1n) is 13.8. The highest BCUT2D eigenvalue weighted by molar-refractivity contribution is 5.74. The molecule has 1 aliphatic heterocycles. The van der Waals surface area contributed by atoms with Gasteiger partial charge in [0.15, 0.2) is 0 Å². The van der Waals surface area contributed by atoms with Crippen LogP contribution >= 0.6 is 0 Å². The van der Waals surface area contributed by atoms with Gasteiger partial charge in [-0.25, -0.2) is 4.79 Å². The molecule has 4 nitrogen and oxygen atoms in total. The highest BCUT2D eigenvalue weighted by atomic mass is 16.2. The molecule has 0 aromatic heterocycles. The van der Waals surface area contributed by atoms with Crippen LogP contribution in [0.5, 0.6) is 0 Å². The Balaban J connectivity index is 1.84. The van der Waals surface area contributed by atoms with Crippen molar-refractivity contribution in [3.05, 3.63) is 35.9 Å². The van der Waals surface area contributed by atoms with E-state index in [0.29, 0.717) is 6.04 Å². The van der Waals surface area contributed by atoms with Crippen LogP contribution in [0.15, 0.2) is 30.3 Å². The molecule has 0 radical (unpaired) electrons. The fourth-order valence-corrected chi connectivity index (χ4v) is 5.58. The molecule has 4 heteroatoms. The smallest absolute Gasteiger partial charge is 0.317 e. The monoisotopic (exact) mass is 457 g/mol. The van der Waals surface area contributed by atoms with Crippen LogP contribution < -0.4 is 5.32 Å². The number of carbonyl (C=O) groups is 1. The minimum atomic E-state index is 0.113. The van der Waals surface area contributed by atoms with Gasteiger partial charge in [-0.2, -0.15) is 0 Å². The predicted octanol–water partition coefficient (Wildman–Crippen LogP) is 6.75. The molecule has 0 spiro atoms. The lowest BCUT2D eigenvalue weighted by Crippen LogP contribution is -2.53. The molecule has 1 aromatic carbocycles. The number of hydrogen-bond donors (Lipinski definition) is 1. The summed E-state index contributed by atoms with van der Waals surface area (Å²) in [6, 6.07) is 11.8. The van der Waals surface area contributed by atoms with Crippen molar-refractivity contribution >= 4 is 6.03 Å². The first-order valence-corrected chi connectivity index (χ1v) is 13.8. The van der Waals surface area contributed by atoms with Gasteiger partial charge in [0.1, 0.15) is 0 Å². The third-order valence-corrected chi connectivity index (χ3v) is 7.04. The van der Waals surface area contributed by atoms with Gasteiger partial charge in [0.05, 0.1) is 0 Å². The molecule has 1 saturated heterocycles. The van der Waals surface area contributed by atoms with E-state index in [-0.39, 0.29) is 12.1 Å². The molecule has 1 fully saturated rings. The van der Waals surface area contributed by atoms with E-state index in [1.807, 2.05) is 18.7 Å². The summed E-state index contributed by atoms with van der Waals surface area (Å²) in [5, 5.41) is 3.08. The second-order valence-electron chi connectivity index (χ2n) is 10.7. The summed E-state index contributed by atoms with van der Waals surface area (Å²) in [5.74, 6) is 1.57. The van der Waals surface area contributed by atoms with E-state index in [2.05, 4.69) is 61.3 Å². The van der Waals surface area contributed by atoms with Crippen molar-refractivity contribution in [3.63, 3.8) is 0 Å². The summed E-state index contributed by atoms with van der Waals surface area (Å²) in [4.78, 5) is 17.3. The molecule has 1 N–H and O–H groups in total. The number of nitrogens with zero attached hydrogens (tertiary/aromatic N) is 2. The molecule has 0 saturated carbocycles. The van der Waals surface area contributed by atoms with Crippen molar-refractivity contribution in [3.8, 4) is 0 Å². The average molecular weight is 458 g/mol. The third kappa shape index (κ3) is 10.5. The number of benzene rings is 1. The van der Waals surface area contributed by atoms with Gasteiger partial charge in [0.2, 0.25) is 0 Å². The Kier molecular flexibility index (Phi) is 12.9. The van der Waals surface area contributed by atoms with Crippen LogP contribution in [0.1, 0.15) is 91.5 Å². The zero-order valence-corrected chi connectivity index (χ0v) is 22.2. The standard InChI is InChI=1S/C29H51N3O/c1-6-13-26(21-25(5)22-27-14-9-8-10-15-27)16-11-19-31(18-7-2)28-17-12-20-32(23-28)29(33)30-24(3)4/h8-10,14-15,24-26,28H,6-7,11-13,16-23H2,1-5H3,(H,30,33). The van der Waals surface area contributed by atoms with Gasteiger partial charge in [-0.15, -0.1) is 0 Å². The summed E-state index contributed by atoms with van der Waals surface area (Å²) in [7, 11) is 0. The summed E-state index contributed by atoms with van der Waals surface area (Å²) in [6.45, 7) is 15.2. The number of piperidine rings is 1. The second kappa shape index (κ2) is 15.4. The van der Waals surface area contributed by atoms with Crippen LogP contribution in [-0.4, -0.2) is 54.1 Å². The molecule has 2 amide bonds. The van der Waals surface area contributed by atoms with E-state index in [1.165, 1.54) is 63.5 Å². The number of rotatable bonds is 14. The molecule has 1 heterocycles. The highest BCUT2D eigenvalue weighted by Crippen LogP contribution is 2.26. The molecule has 0 aliphatic carbocycles. The SMILES string of the molecule is CCCC(CCCN(CCC)C1CCCN(C(=O)NC(C)C)C1)CC(C)Cc1ccccc1. The van der Waals surface area contributed by atoms with E-state index in [9.17, 15) is 4.79 Å². The number of carbonyl (C=O) groups excluding carboxylic acids is 1. The third-order valence-electron chi connectivity index (χ3n) is 7.04. The number of nitrogens with one attached hydrogen (secondary N) is 1. The fourth-order valence-electron chi connectivity index (χ4n) is 5.58. The van der Waals surface area contributed by atoms with Crippen molar-refractivity contribution in [1.29, 1.82) is 0 Å². The van der Waals surface area contributed by atoms with Gasteiger partial charge < -0.3 is 10.2 Å². The average Bonchev–Trinajstić information content (AvgIpc) is 2.79. The molecular formula is C29H51N3O. The van der Waals surface area contributed by atoms with Gasteiger partial charge in [0, 0.05) is 25.2 Å². The Bertz CT molecular complexity index is 648. The zero-order chi connectivity index (χ0) is 24.1. The Labute approximate surface area is 204 Å². The van der Waals surface area contributed by atoms with Gasteiger partial charge in [0.25, 0.3) is 0 Å². The lowest BCUT2D eigenvalue weighted by molar-refractivity contribution is 0.104. The summed E-state index contributed by atoms with van der Waals surface area (Å²) in [6.07, 6.45) is 11.3. The summed E-state index contributed by atoms with van der Waals surface area (Å²) in [5.41, 5.74) is 1.47. The first-order chi connectivity index (χ1) is 15.9. The van der Waals surface area contributed by atoms with Crippen LogP contribution in [0.3, 0.4) is 0 Å². The van der Waals surface area contributed by atoms with Gasteiger partial charge in [-0.1, -0.05) is 63.9 Å². The predicted molar refractivity (Wildman–Crippen MR) is 142 cm³/mol. The first kappa shape index (κ1) is 27.7. The number of urea groups is 1. The maximum atomic E-state index is 12.5. The molecular weight excluding hydrogens is 406 g/mol. The minimum absolute atomic E-state index is 0.113. The second-order valence-corrected chi connectivity index (χ2v) is 10.7.